The molecule has 1 atom stereocenters. The van der Waals surface area contributed by atoms with Gasteiger partial charge in [-0.05, 0) is 44.6 Å². The summed E-state index contributed by atoms with van der Waals surface area (Å²) >= 11 is 0. The highest BCUT2D eigenvalue weighted by Gasteiger charge is 2.42. The Morgan fingerprint density at radius 2 is 2.00 bits per heavy atom. The van der Waals surface area contributed by atoms with Gasteiger partial charge in [0.05, 0.1) is 5.54 Å². The van der Waals surface area contributed by atoms with Crippen molar-refractivity contribution in [3.05, 3.63) is 0 Å². The molecule has 1 N–H and O–H groups in total. The lowest BCUT2D eigenvalue weighted by atomic mass is 9.89. The van der Waals surface area contributed by atoms with E-state index >= 15 is 0 Å². The van der Waals surface area contributed by atoms with E-state index in [0.717, 1.165) is 44.8 Å². The van der Waals surface area contributed by atoms with E-state index in [1.807, 2.05) is 0 Å². The lowest BCUT2D eigenvalue weighted by Crippen LogP contribution is -2.56. The largest absolute Gasteiger partial charge is 0.341 e. The predicted octanol–water partition coefficient (Wildman–Crippen LogP) is 2.59. The minimum Gasteiger partial charge on any atom is -0.341 e. The Morgan fingerprint density at radius 1 is 1.33 bits per heavy atom. The Balaban J connectivity index is 0.00000162. The molecule has 18 heavy (non-hydrogen) atoms. The summed E-state index contributed by atoms with van der Waals surface area (Å²) in [4.78, 5) is 14.7. The van der Waals surface area contributed by atoms with Crippen molar-refractivity contribution in [2.75, 3.05) is 19.6 Å². The maximum atomic E-state index is 12.6. The first-order valence-electron chi connectivity index (χ1n) is 7.26. The average molecular weight is 275 g/mol. The number of carbonyl (C=O) groups excluding carboxylic acids is 1. The van der Waals surface area contributed by atoms with Gasteiger partial charge in [-0.2, -0.15) is 0 Å². The first kappa shape index (κ1) is 15.8. The summed E-state index contributed by atoms with van der Waals surface area (Å²) in [6.07, 6.45) is 6.75. The molecule has 0 aromatic rings. The van der Waals surface area contributed by atoms with Crippen LogP contribution in [0.25, 0.3) is 0 Å². The maximum absolute atomic E-state index is 12.6. The van der Waals surface area contributed by atoms with Crippen LogP contribution in [0.5, 0.6) is 0 Å². The number of piperidine rings is 1. The quantitative estimate of drug-likeness (QED) is 0.858. The SMILES string of the molecule is CCC1CCN(C(=O)C2(CC)CCCN2)CC1.Cl. The van der Waals surface area contributed by atoms with E-state index in [4.69, 9.17) is 0 Å². The number of hydrogen-bond donors (Lipinski definition) is 1. The van der Waals surface area contributed by atoms with Crippen LogP contribution in [0.3, 0.4) is 0 Å². The van der Waals surface area contributed by atoms with Gasteiger partial charge in [0.1, 0.15) is 0 Å². The first-order valence-corrected chi connectivity index (χ1v) is 7.26. The van der Waals surface area contributed by atoms with Crippen molar-refractivity contribution in [2.24, 2.45) is 5.92 Å². The van der Waals surface area contributed by atoms with Crippen LogP contribution in [-0.4, -0.2) is 36.0 Å². The lowest BCUT2D eigenvalue weighted by Gasteiger charge is -2.38. The van der Waals surface area contributed by atoms with Crippen molar-refractivity contribution < 1.29 is 4.79 Å². The van der Waals surface area contributed by atoms with Crippen molar-refractivity contribution >= 4 is 18.3 Å². The molecule has 2 saturated heterocycles. The van der Waals surface area contributed by atoms with Crippen LogP contribution >= 0.6 is 12.4 Å². The number of nitrogens with one attached hydrogen (secondary N) is 1. The molecule has 1 amide bonds. The Hall–Kier alpha value is -0.280. The molecule has 3 nitrogen and oxygen atoms in total. The Bertz CT molecular complexity index is 269. The molecule has 0 aromatic heterocycles. The molecule has 2 fully saturated rings. The molecule has 2 rings (SSSR count). The molecule has 106 valence electrons. The number of nitrogens with zero attached hydrogens (tertiary/aromatic N) is 1. The fourth-order valence-electron chi connectivity index (χ4n) is 3.29. The summed E-state index contributed by atoms with van der Waals surface area (Å²) in [7, 11) is 0. The van der Waals surface area contributed by atoms with E-state index in [9.17, 15) is 4.79 Å². The zero-order chi connectivity index (χ0) is 12.3. The predicted molar refractivity (Wildman–Crippen MR) is 77.1 cm³/mol. The third-order valence-electron chi connectivity index (χ3n) is 4.74. The molecule has 2 aliphatic rings. The van der Waals surface area contributed by atoms with E-state index in [1.165, 1.54) is 19.3 Å². The summed E-state index contributed by atoms with van der Waals surface area (Å²) in [5.41, 5.74) is -0.223. The first-order chi connectivity index (χ1) is 8.22. The number of carbonyl (C=O) groups is 1. The summed E-state index contributed by atoms with van der Waals surface area (Å²) in [5, 5.41) is 3.45. The van der Waals surface area contributed by atoms with Crippen LogP contribution < -0.4 is 5.32 Å². The molecule has 4 heteroatoms. The van der Waals surface area contributed by atoms with Crippen molar-refractivity contribution in [1.29, 1.82) is 0 Å². The van der Waals surface area contributed by atoms with Gasteiger partial charge in [0, 0.05) is 13.1 Å². The Morgan fingerprint density at radius 3 is 2.44 bits per heavy atom. The van der Waals surface area contributed by atoms with Gasteiger partial charge in [-0.15, -0.1) is 12.4 Å². The summed E-state index contributed by atoms with van der Waals surface area (Å²) in [6, 6.07) is 0. The zero-order valence-corrected chi connectivity index (χ0v) is 12.5. The minimum absolute atomic E-state index is 0. The molecular formula is C14H27ClN2O. The number of amides is 1. The van der Waals surface area contributed by atoms with Gasteiger partial charge in [0.15, 0.2) is 0 Å². The van der Waals surface area contributed by atoms with Crippen LogP contribution in [0.2, 0.25) is 0 Å². The average Bonchev–Trinajstić information content (AvgIpc) is 2.88. The highest BCUT2D eigenvalue weighted by molar-refractivity contribution is 5.86. The molecule has 1 unspecified atom stereocenters. The van der Waals surface area contributed by atoms with Gasteiger partial charge >= 0.3 is 0 Å². The van der Waals surface area contributed by atoms with Crippen LogP contribution in [0.4, 0.5) is 0 Å². The van der Waals surface area contributed by atoms with Crippen molar-refractivity contribution in [1.82, 2.24) is 10.2 Å². The Labute approximate surface area is 117 Å². The summed E-state index contributed by atoms with van der Waals surface area (Å²) in [5.74, 6) is 1.21. The molecule has 0 aromatic carbocycles. The molecule has 0 bridgehead atoms. The fourth-order valence-corrected chi connectivity index (χ4v) is 3.29. The zero-order valence-electron chi connectivity index (χ0n) is 11.7. The molecule has 0 aliphatic carbocycles. The topological polar surface area (TPSA) is 32.3 Å². The summed E-state index contributed by atoms with van der Waals surface area (Å²) < 4.78 is 0. The Kier molecular flexibility index (Phi) is 5.93. The molecular weight excluding hydrogens is 248 g/mol. The number of hydrogen-bond acceptors (Lipinski definition) is 2. The second-order valence-corrected chi connectivity index (χ2v) is 5.61. The smallest absolute Gasteiger partial charge is 0.242 e. The number of likely N-dealkylation sites (tertiary alicyclic amines) is 1. The van der Waals surface area contributed by atoms with Crippen molar-refractivity contribution in [3.63, 3.8) is 0 Å². The highest BCUT2D eigenvalue weighted by Crippen LogP contribution is 2.28. The van der Waals surface area contributed by atoms with Gasteiger partial charge in [0.2, 0.25) is 5.91 Å². The van der Waals surface area contributed by atoms with E-state index in [0.29, 0.717) is 5.91 Å². The maximum Gasteiger partial charge on any atom is 0.242 e. The van der Waals surface area contributed by atoms with Gasteiger partial charge in [0.25, 0.3) is 0 Å². The normalized spacial score (nSPS) is 29.1. The van der Waals surface area contributed by atoms with E-state index in [-0.39, 0.29) is 17.9 Å². The third kappa shape index (κ3) is 3.00. The minimum atomic E-state index is -0.223. The van der Waals surface area contributed by atoms with E-state index in [2.05, 4.69) is 24.1 Å². The second kappa shape index (κ2) is 6.76. The molecule has 0 saturated carbocycles. The summed E-state index contributed by atoms with van der Waals surface area (Å²) in [6.45, 7) is 7.34. The monoisotopic (exact) mass is 274 g/mol. The molecule has 0 radical (unpaired) electrons. The second-order valence-electron chi connectivity index (χ2n) is 5.61. The molecule has 0 spiro atoms. The van der Waals surface area contributed by atoms with E-state index < -0.39 is 0 Å². The van der Waals surface area contributed by atoms with Crippen molar-refractivity contribution in [3.8, 4) is 0 Å². The van der Waals surface area contributed by atoms with Gasteiger partial charge < -0.3 is 10.2 Å². The highest BCUT2D eigenvalue weighted by atomic mass is 35.5. The van der Waals surface area contributed by atoms with Gasteiger partial charge in [-0.3, -0.25) is 4.79 Å². The molecule has 2 heterocycles. The lowest BCUT2D eigenvalue weighted by molar-refractivity contribution is -0.139. The van der Waals surface area contributed by atoms with E-state index in [1.54, 1.807) is 0 Å². The third-order valence-corrected chi connectivity index (χ3v) is 4.74. The molecule has 2 aliphatic heterocycles. The number of rotatable bonds is 3. The number of halogens is 1. The van der Waals surface area contributed by atoms with Crippen LogP contribution in [0.15, 0.2) is 0 Å². The van der Waals surface area contributed by atoms with Gasteiger partial charge in [-0.25, -0.2) is 0 Å². The fraction of sp³-hybridized carbons (Fsp3) is 0.929. The standard InChI is InChI=1S/C14H26N2O.ClH/c1-3-12-6-10-16(11-7-12)13(17)14(4-2)8-5-9-15-14;/h12,15H,3-11H2,1-2H3;1H. The van der Waals surface area contributed by atoms with Gasteiger partial charge in [-0.1, -0.05) is 20.3 Å². The van der Waals surface area contributed by atoms with Crippen LogP contribution in [0.1, 0.15) is 52.4 Å². The van der Waals surface area contributed by atoms with Crippen LogP contribution in [-0.2, 0) is 4.79 Å². The van der Waals surface area contributed by atoms with Crippen LogP contribution in [0, 0.1) is 5.92 Å². The van der Waals surface area contributed by atoms with Crippen molar-refractivity contribution in [2.45, 2.75) is 57.9 Å².